The first-order valence-corrected chi connectivity index (χ1v) is 9.79. The third-order valence-electron chi connectivity index (χ3n) is 4.21. The molecule has 2 rings (SSSR count). The number of anilines is 1. The van der Waals surface area contributed by atoms with E-state index in [9.17, 15) is 9.59 Å². The van der Waals surface area contributed by atoms with Crippen LogP contribution in [0, 0.1) is 5.92 Å². The number of primary amides is 1. The molecule has 0 saturated carbocycles. The van der Waals surface area contributed by atoms with Crippen LogP contribution in [-0.4, -0.2) is 18.4 Å². The van der Waals surface area contributed by atoms with Gasteiger partial charge in [-0.2, -0.15) is 0 Å². The Balaban J connectivity index is 1.98. The molecule has 0 aliphatic heterocycles. The van der Waals surface area contributed by atoms with Crippen LogP contribution in [0.5, 0.6) is 0 Å². The third-order valence-corrected chi connectivity index (χ3v) is 5.04. The molecule has 1 atom stereocenters. The maximum atomic E-state index is 12.3. The molecule has 4 N–H and O–H groups in total. The summed E-state index contributed by atoms with van der Waals surface area (Å²) in [7, 11) is 0. The van der Waals surface area contributed by atoms with Gasteiger partial charge in [-0.25, -0.2) is 0 Å². The lowest BCUT2D eigenvalue weighted by Crippen LogP contribution is -2.33. The van der Waals surface area contributed by atoms with Gasteiger partial charge in [-0.15, -0.1) is 11.3 Å². The summed E-state index contributed by atoms with van der Waals surface area (Å²) in [6.45, 7) is 6.58. The van der Waals surface area contributed by atoms with Gasteiger partial charge in [0.2, 0.25) is 5.91 Å². The number of hydrogen-bond donors (Lipinski definition) is 3. The van der Waals surface area contributed by atoms with Crippen molar-refractivity contribution < 1.29 is 9.59 Å². The Morgan fingerprint density at radius 2 is 1.85 bits per heavy atom. The first kappa shape index (κ1) is 20.1. The second-order valence-corrected chi connectivity index (χ2v) is 7.59. The molecule has 26 heavy (non-hydrogen) atoms. The van der Waals surface area contributed by atoms with Crippen molar-refractivity contribution in [2.75, 3.05) is 11.9 Å². The number of carbonyl (C=O) groups is 2. The molecular weight excluding hydrogens is 346 g/mol. The zero-order chi connectivity index (χ0) is 19.1. The van der Waals surface area contributed by atoms with E-state index >= 15 is 0 Å². The van der Waals surface area contributed by atoms with E-state index in [0.717, 1.165) is 12.8 Å². The van der Waals surface area contributed by atoms with Crippen LogP contribution in [0.15, 0.2) is 35.7 Å². The minimum Gasteiger partial charge on any atom is -0.366 e. The summed E-state index contributed by atoms with van der Waals surface area (Å²) in [6.07, 6.45) is 2.20. The Morgan fingerprint density at radius 1 is 1.15 bits per heavy atom. The molecule has 140 valence electrons. The number of carbonyl (C=O) groups excluding carboxylic acids is 2. The summed E-state index contributed by atoms with van der Waals surface area (Å²) in [6, 6.07) is 10.3. The normalized spacial score (nSPS) is 12.2. The van der Waals surface area contributed by atoms with E-state index < -0.39 is 5.91 Å². The van der Waals surface area contributed by atoms with Crippen LogP contribution in [0.3, 0.4) is 0 Å². The van der Waals surface area contributed by atoms with Crippen molar-refractivity contribution in [2.24, 2.45) is 11.7 Å². The van der Waals surface area contributed by atoms with E-state index in [1.165, 1.54) is 22.5 Å². The summed E-state index contributed by atoms with van der Waals surface area (Å²) in [5.74, 6) is -0.396. The Kier molecular flexibility index (Phi) is 7.36. The molecule has 0 aliphatic rings. The molecular formula is C20H27N3O2S. The van der Waals surface area contributed by atoms with Gasteiger partial charge in [0.15, 0.2) is 0 Å². The number of benzene rings is 1. The smallest absolute Gasteiger partial charge is 0.251 e. The standard InChI is InChI=1S/C20H27N3O2S/c1-4-5-14-6-8-15(9-7-14)18(13(2)3)22-12-17(24)23-20-16(19(21)25)10-11-26-20/h6-11,13,18,22H,4-5,12H2,1-3H3,(H2,21,25)(H,23,24)/t18-/m1/s1. The predicted molar refractivity (Wildman–Crippen MR) is 107 cm³/mol. The van der Waals surface area contributed by atoms with Gasteiger partial charge in [-0.1, -0.05) is 51.5 Å². The third kappa shape index (κ3) is 5.41. The molecule has 6 heteroatoms. The fourth-order valence-electron chi connectivity index (χ4n) is 2.89. The zero-order valence-corrected chi connectivity index (χ0v) is 16.4. The zero-order valence-electron chi connectivity index (χ0n) is 15.5. The van der Waals surface area contributed by atoms with Gasteiger partial charge < -0.3 is 16.4 Å². The van der Waals surface area contributed by atoms with Gasteiger partial charge >= 0.3 is 0 Å². The predicted octanol–water partition coefficient (Wildman–Crippen LogP) is 3.72. The van der Waals surface area contributed by atoms with Crippen molar-refractivity contribution in [3.05, 3.63) is 52.4 Å². The van der Waals surface area contributed by atoms with Gasteiger partial charge in [0.1, 0.15) is 5.00 Å². The first-order chi connectivity index (χ1) is 12.4. The van der Waals surface area contributed by atoms with Gasteiger partial charge in [-0.05, 0) is 34.9 Å². The Labute approximate surface area is 159 Å². The van der Waals surface area contributed by atoms with Crippen molar-refractivity contribution >= 4 is 28.2 Å². The van der Waals surface area contributed by atoms with Crippen LogP contribution in [0.1, 0.15) is 54.7 Å². The van der Waals surface area contributed by atoms with Gasteiger partial charge in [0.25, 0.3) is 5.91 Å². The van der Waals surface area contributed by atoms with E-state index in [2.05, 4.69) is 55.7 Å². The molecule has 0 aliphatic carbocycles. The summed E-state index contributed by atoms with van der Waals surface area (Å²) in [5, 5.41) is 8.31. The van der Waals surface area contributed by atoms with E-state index in [1.807, 2.05) is 0 Å². The van der Waals surface area contributed by atoms with Crippen LogP contribution in [0.2, 0.25) is 0 Å². The largest absolute Gasteiger partial charge is 0.366 e. The monoisotopic (exact) mass is 373 g/mol. The lowest BCUT2D eigenvalue weighted by atomic mass is 9.94. The lowest BCUT2D eigenvalue weighted by molar-refractivity contribution is -0.115. The highest BCUT2D eigenvalue weighted by molar-refractivity contribution is 7.14. The first-order valence-electron chi connectivity index (χ1n) is 8.91. The Hall–Kier alpha value is -2.18. The quantitative estimate of drug-likeness (QED) is 0.626. The number of nitrogens with two attached hydrogens (primary N) is 1. The highest BCUT2D eigenvalue weighted by atomic mass is 32.1. The van der Waals surface area contributed by atoms with Gasteiger partial charge in [0.05, 0.1) is 12.1 Å². The average molecular weight is 374 g/mol. The molecule has 0 bridgehead atoms. The number of rotatable bonds is 9. The molecule has 0 spiro atoms. The number of thiophene rings is 1. The maximum absolute atomic E-state index is 12.3. The SMILES string of the molecule is CCCc1ccc([C@H](NCC(=O)Nc2sccc2C(N)=O)C(C)C)cc1. The van der Waals surface area contributed by atoms with Crippen molar-refractivity contribution in [1.82, 2.24) is 5.32 Å². The molecule has 1 aromatic carbocycles. The van der Waals surface area contributed by atoms with Crippen molar-refractivity contribution in [3.63, 3.8) is 0 Å². The summed E-state index contributed by atoms with van der Waals surface area (Å²) in [5.41, 5.74) is 8.15. The van der Waals surface area contributed by atoms with Crippen LogP contribution >= 0.6 is 11.3 Å². The highest BCUT2D eigenvalue weighted by Gasteiger charge is 2.18. The molecule has 1 heterocycles. The van der Waals surface area contributed by atoms with Gasteiger partial charge in [-0.3, -0.25) is 9.59 Å². The number of amides is 2. The molecule has 1 aromatic heterocycles. The highest BCUT2D eigenvalue weighted by Crippen LogP contribution is 2.24. The molecule has 0 radical (unpaired) electrons. The van der Waals surface area contributed by atoms with Crippen molar-refractivity contribution in [1.29, 1.82) is 0 Å². The number of hydrogen-bond acceptors (Lipinski definition) is 4. The van der Waals surface area contributed by atoms with E-state index in [0.29, 0.717) is 16.5 Å². The van der Waals surface area contributed by atoms with Crippen molar-refractivity contribution in [3.8, 4) is 0 Å². The summed E-state index contributed by atoms with van der Waals surface area (Å²) < 4.78 is 0. The van der Waals surface area contributed by atoms with Crippen LogP contribution in [0.4, 0.5) is 5.00 Å². The summed E-state index contributed by atoms with van der Waals surface area (Å²) >= 11 is 1.29. The molecule has 2 amide bonds. The topological polar surface area (TPSA) is 84.2 Å². The minimum atomic E-state index is -0.540. The Morgan fingerprint density at radius 3 is 2.42 bits per heavy atom. The second-order valence-electron chi connectivity index (χ2n) is 6.67. The van der Waals surface area contributed by atoms with Crippen LogP contribution < -0.4 is 16.4 Å². The van der Waals surface area contributed by atoms with E-state index in [-0.39, 0.29) is 18.5 Å². The van der Waals surface area contributed by atoms with Gasteiger partial charge in [0, 0.05) is 6.04 Å². The molecule has 0 saturated heterocycles. The van der Waals surface area contributed by atoms with Crippen LogP contribution in [-0.2, 0) is 11.2 Å². The van der Waals surface area contributed by atoms with E-state index in [4.69, 9.17) is 5.73 Å². The fraction of sp³-hybridized carbons (Fsp3) is 0.400. The maximum Gasteiger partial charge on any atom is 0.251 e. The van der Waals surface area contributed by atoms with Crippen molar-refractivity contribution in [2.45, 2.75) is 39.7 Å². The minimum absolute atomic E-state index is 0.0790. The Bertz CT molecular complexity index is 738. The number of aryl methyl sites for hydroxylation is 1. The molecule has 2 aromatic rings. The van der Waals surface area contributed by atoms with Crippen LogP contribution in [0.25, 0.3) is 0 Å². The molecule has 5 nitrogen and oxygen atoms in total. The molecule has 0 fully saturated rings. The second kappa shape index (κ2) is 9.50. The summed E-state index contributed by atoms with van der Waals surface area (Å²) in [4.78, 5) is 23.6. The molecule has 0 unspecified atom stereocenters. The average Bonchev–Trinajstić information content (AvgIpc) is 3.04. The fourth-order valence-corrected chi connectivity index (χ4v) is 3.70. The number of nitrogens with one attached hydrogen (secondary N) is 2. The van der Waals surface area contributed by atoms with E-state index in [1.54, 1.807) is 11.4 Å². The lowest BCUT2D eigenvalue weighted by Gasteiger charge is -2.23.